The molecular weight excluding hydrogens is 422 g/mol. The van der Waals surface area contributed by atoms with Crippen molar-refractivity contribution in [2.45, 2.75) is 27.3 Å². The van der Waals surface area contributed by atoms with Crippen LogP contribution < -0.4 is 4.90 Å². The van der Waals surface area contributed by atoms with E-state index in [4.69, 9.17) is 11.6 Å². The second kappa shape index (κ2) is 9.57. The van der Waals surface area contributed by atoms with Gasteiger partial charge in [0, 0.05) is 49.7 Å². The Bertz CT molecular complexity index is 1110. The van der Waals surface area contributed by atoms with Gasteiger partial charge in [-0.25, -0.2) is 4.98 Å². The highest BCUT2D eigenvalue weighted by atomic mass is 35.5. The zero-order chi connectivity index (χ0) is 22.7. The van der Waals surface area contributed by atoms with E-state index in [0.29, 0.717) is 18.1 Å². The Labute approximate surface area is 194 Å². The van der Waals surface area contributed by atoms with Gasteiger partial charge in [0.25, 0.3) is 0 Å². The van der Waals surface area contributed by atoms with Crippen LogP contribution in [-0.4, -0.2) is 51.8 Å². The quantitative estimate of drug-likeness (QED) is 0.546. The predicted octanol–water partition coefficient (Wildman–Crippen LogP) is 4.27. The van der Waals surface area contributed by atoms with Gasteiger partial charge in [0.2, 0.25) is 5.91 Å². The standard InChI is InChI=1S/C25H28ClN5O/c1-18-4-6-21(7-5-18)17-31-20(3)23(19(2)28-31)9-11-25(32)30-14-12-29(13-15-30)24-10-8-22(26)16-27-24/h4-11,16H,12-15,17H2,1-3H3/b11-9+. The third kappa shape index (κ3) is 5.02. The Balaban J connectivity index is 1.38. The molecule has 1 aliphatic heterocycles. The van der Waals surface area contributed by atoms with Crippen LogP contribution in [0.15, 0.2) is 48.7 Å². The third-order valence-corrected chi connectivity index (χ3v) is 6.13. The molecule has 0 unspecified atom stereocenters. The molecule has 0 N–H and O–H groups in total. The van der Waals surface area contributed by atoms with Crippen molar-refractivity contribution >= 4 is 29.4 Å². The van der Waals surface area contributed by atoms with Gasteiger partial charge < -0.3 is 9.80 Å². The number of aromatic nitrogens is 3. The van der Waals surface area contributed by atoms with Crippen LogP contribution in [0.5, 0.6) is 0 Å². The van der Waals surface area contributed by atoms with Crippen molar-refractivity contribution in [3.8, 4) is 0 Å². The molecule has 3 aromatic rings. The van der Waals surface area contributed by atoms with Crippen molar-refractivity contribution in [3.63, 3.8) is 0 Å². The molecule has 1 aromatic carbocycles. The first-order chi connectivity index (χ1) is 15.4. The number of piperazine rings is 1. The average molecular weight is 450 g/mol. The van der Waals surface area contributed by atoms with Gasteiger partial charge >= 0.3 is 0 Å². The molecule has 1 aliphatic rings. The van der Waals surface area contributed by atoms with Crippen LogP contribution in [0.25, 0.3) is 6.08 Å². The van der Waals surface area contributed by atoms with E-state index in [-0.39, 0.29) is 5.91 Å². The fraction of sp³-hybridized carbons (Fsp3) is 0.320. The molecule has 0 bridgehead atoms. The second-order valence-electron chi connectivity index (χ2n) is 8.21. The lowest BCUT2D eigenvalue weighted by Gasteiger charge is -2.34. The summed E-state index contributed by atoms with van der Waals surface area (Å²) in [5.41, 5.74) is 5.45. The fourth-order valence-electron chi connectivity index (χ4n) is 3.94. The summed E-state index contributed by atoms with van der Waals surface area (Å²) in [4.78, 5) is 21.2. The molecule has 2 aromatic heterocycles. The largest absolute Gasteiger partial charge is 0.353 e. The zero-order valence-electron chi connectivity index (χ0n) is 18.8. The van der Waals surface area contributed by atoms with Crippen LogP contribution >= 0.6 is 11.6 Å². The summed E-state index contributed by atoms with van der Waals surface area (Å²) in [5.74, 6) is 0.920. The maximum absolute atomic E-state index is 12.8. The van der Waals surface area contributed by atoms with Crippen LogP contribution in [0.4, 0.5) is 5.82 Å². The number of carbonyl (C=O) groups is 1. The van der Waals surface area contributed by atoms with E-state index in [1.807, 2.05) is 34.7 Å². The van der Waals surface area contributed by atoms with Crippen molar-refractivity contribution in [1.82, 2.24) is 19.7 Å². The Morgan fingerprint density at radius 2 is 1.75 bits per heavy atom. The van der Waals surface area contributed by atoms with E-state index >= 15 is 0 Å². The fourth-order valence-corrected chi connectivity index (χ4v) is 4.06. The zero-order valence-corrected chi connectivity index (χ0v) is 19.5. The lowest BCUT2D eigenvalue weighted by atomic mass is 10.1. The average Bonchev–Trinajstić information content (AvgIpc) is 3.06. The molecule has 0 atom stereocenters. The molecule has 4 rings (SSSR count). The van der Waals surface area contributed by atoms with Crippen LogP contribution in [0.3, 0.4) is 0 Å². The Morgan fingerprint density at radius 1 is 1.03 bits per heavy atom. The Morgan fingerprint density at radius 3 is 2.41 bits per heavy atom. The van der Waals surface area contributed by atoms with Crippen molar-refractivity contribution in [2.75, 3.05) is 31.1 Å². The highest BCUT2D eigenvalue weighted by molar-refractivity contribution is 6.30. The van der Waals surface area contributed by atoms with E-state index < -0.39 is 0 Å². The molecule has 7 heteroatoms. The molecular formula is C25H28ClN5O. The number of rotatable bonds is 5. The molecule has 3 heterocycles. The summed E-state index contributed by atoms with van der Waals surface area (Å²) in [6.45, 7) is 9.67. The normalized spacial score (nSPS) is 14.4. The Hall–Kier alpha value is -3.12. The summed E-state index contributed by atoms with van der Waals surface area (Å²) >= 11 is 5.92. The number of anilines is 1. The minimum Gasteiger partial charge on any atom is -0.353 e. The molecule has 1 fully saturated rings. The molecule has 166 valence electrons. The van der Waals surface area contributed by atoms with Crippen molar-refractivity contribution in [1.29, 1.82) is 0 Å². The van der Waals surface area contributed by atoms with E-state index in [9.17, 15) is 4.79 Å². The third-order valence-electron chi connectivity index (χ3n) is 5.91. The number of pyridine rings is 1. The van der Waals surface area contributed by atoms with E-state index in [1.165, 1.54) is 11.1 Å². The van der Waals surface area contributed by atoms with Gasteiger partial charge in [0.05, 0.1) is 17.3 Å². The van der Waals surface area contributed by atoms with Crippen molar-refractivity contribution in [2.24, 2.45) is 0 Å². The minimum atomic E-state index is 0.0267. The number of hydrogen-bond acceptors (Lipinski definition) is 4. The lowest BCUT2D eigenvalue weighted by molar-refractivity contribution is -0.126. The second-order valence-corrected chi connectivity index (χ2v) is 8.64. The van der Waals surface area contributed by atoms with Gasteiger partial charge in [-0.2, -0.15) is 5.10 Å². The number of amides is 1. The van der Waals surface area contributed by atoms with Crippen LogP contribution in [0, 0.1) is 20.8 Å². The van der Waals surface area contributed by atoms with Crippen LogP contribution in [-0.2, 0) is 11.3 Å². The van der Waals surface area contributed by atoms with Crippen molar-refractivity contribution in [3.05, 3.63) is 81.8 Å². The van der Waals surface area contributed by atoms with E-state index in [0.717, 1.165) is 42.4 Å². The first-order valence-corrected chi connectivity index (χ1v) is 11.2. The highest BCUT2D eigenvalue weighted by Gasteiger charge is 2.20. The highest BCUT2D eigenvalue weighted by Crippen LogP contribution is 2.19. The Kier molecular flexibility index (Phi) is 6.61. The number of aryl methyl sites for hydroxylation is 2. The summed E-state index contributed by atoms with van der Waals surface area (Å²) in [6, 6.07) is 12.2. The monoisotopic (exact) mass is 449 g/mol. The molecule has 1 saturated heterocycles. The van der Waals surface area contributed by atoms with Crippen LogP contribution in [0.2, 0.25) is 5.02 Å². The molecule has 32 heavy (non-hydrogen) atoms. The number of hydrogen-bond donors (Lipinski definition) is 0. The SMILES string of the molecule is Cc1ccc(Cn2nc(C)c(/C=C/C(=O)N3CCN(c4ccc(Cl)cn4)CC3)c2C)cc1. The number of halogens is 1. The topological polar surface area (TPSA) is 54.3 Å². The molecule has 1 amide bonds. The summed E-state index contributed by atoms with van der Waals surface area (Å²) in [5, 5.41) is 5.31. The van der Waals surface area contributed by atoms with Gasteiger partial charge in [0.15, 0.2) is 0 Å². The number of carbonyl (C=O) groups excluding carboxylic acids is 1. The first-order valence-electron chi connectivity index (χ1n) is 10.8. The predicted molar refractivity (Wildman–Crippen MR) is 129 cm³/mol. The maximum atomic E-state index is 12.8. The van der Waals surface area contributed by atoms with Crippen LogP contribution in [0.1, 0.15) is 28.1 Å². The smallest absolute Gasteiger partial charge is 0.246 e. The summed E-state index contributed by atoms with van der Waals surface area (Å²) in [6.07, 6.45) is 5.23. The minimum absolute atomic E-state index is 0.0267. The van der Waals surface area contributed by atoms with Gasteiger partial charge in [-0.3, -0.25) is 9.48 Å². The molecule has 0 saturated carbocycles. The first kappa shape index (κ1) is 22.1. The van der Waals surface area contributed by atoms with Crippen molar-refractivity contribution < 1.29 is 4.79 Å². The van der Waals surface area contributed by atoms with Gasteiger partial charge in [-0.05, 0) is 44.5 Å². The summed E-state index contributed by atoms with van der Waals surface area (Å²) < 4.78 is 2.00. The maximum Gasteiger partial charge on any atom is 0.246 e. The molecule has 0 spiro atoms. The number of benzene rings is 1. The molecule has 6 nitrogen and oxygen atoms in total. The molecule has 0 radical (unpaired) electrons. The summed E-state index contributed by atoms with van der Waals surface area (Å²) in [7, 11) is 0. The lowest BCUT2D eigenvalue weighted by Crippen LogP contribution is -2.48. The van der Waals surface area contributed by atoms with Gasteiger partial charge in [-0.1, -0.05) is 41.4 Å². The number of nitrogens with zero attached hydrogens (tertiary/aromatic N) is 5. The van der Waals surface area contributed by atoms with Gasteiger partial charge in [-0.15, -0.1) is 0 Å². The van der Waals surface area contributed by atoms with E-state index in [1.54, 1.807) is 12.3 Å². The van der Waals surface area contributed by atoms with E-state index in [2.05, 4.69) is 53.1 Å². The van der Waals surface area contributed by atoms with Gasteiger partial charge in [0.1, 0.15) is 5.82 Å². The molecule has 0 aliphatic carbocycles.